The van der Waals surface area contributed by atoms with E-state index in [9.17, 15) is 9.59 Å². The fraction of sp³-hybridized carbons (Fsp3) is 0.417. The zero-order chi connectivity index (χ0) is 21.5. The number of carbonyl (C=O) groups excluding carboxylic acids is 2. The van der Waals surface area contributed by atoms with Crippen molar-refractivity contribution in [1.29, 1.82) is 0 Å². The summed E-state index contributed by atoms with van der Waals surface area (Å²) in [6, 6.07) is 15.0. The summed E-state index contributed by atoms with van der Waals surface area (Å²) in [5, 5.41) is 3.11. The van der Waals surface area contributed by atoms with E-state index in [1.807, 2.05) is 43.3 Å². The topological polar surface area (TPSA) is 58.6 Å². The van der Waals surface area contributed by atoms with Crippen molar-refractivity contribution in [3.05, 3.63) is 64.1 Å². The van der Waals surface area contributed by atoms with Crippen LogP contribution < -0.4 is 10.1 Å². The molecule has 1 saturated carbocycles. The number of halogens is 1. The molecule has 2 amide bonds. The van der Waals surface area contributed by atoms with Gasteiger partial charge in [-0.2, -0.15) is 0 Å². The number of rotatable bonds is 8. The normalized spacial score (nSPS) is 14.9. The molecule has 2 aromatic carbocycles. The van der Waals surface area contributed by atoms with Gasteiger partial charge in [-0.1, -0.05) is 58.6 Å². The lowest BCUT2D eigenvalue weighted by Crippen LogP contribution is -2.50. The monoisotopic (exact) mass is 472 g/mol. The molecule has 2 aromatic rings. The molecule has 1 aliphatic carbocycles. The highest BCUT2D eigenvalue weighted by Crippen LogP contribution is 2.19. The molecule has 1 fully saturated rings. The highest BCUT2D eigenvalue weighted by molar-refractivity contribution is 9.10. The summed E-state index contributed by atoms with van der Waals surface area (Å²) in [4.78, 5) is 27.5. The number of aryl methyl sites for hydroxylation is 1. The van der Waals surface area contributed by atoms with Crippen LogP contribution in [0.5, 0.6) is 5.75 Å². The van der Waals surface area contributed by atoms with Crippen LogP contribution in [0.15, 0.2) is 53.0 Å². The molecule has 1 N–H and O–H groups in total. The lowest BCUT2D eigenvalue weighted by Gasteiger charge is -2.29. The molecule has 0 aromatic heterocycles. The summed E-state index contributed by atoms with van der Waals surface area (Å²) >= 11 is 3.39. The summed E-state index contributed by atoms with van der Waals surface area (Å²) < 4.78 is 6.62. The Bertz CT molecular complexity index is 846. The smallest absolute Gasteiger partial charge is 0.261 e. The largest absolute Gasteiger partial charge is 0.484 e. The van der Waals surface area contributed by atoms with Gasteiger partial charge in [0.2, 0.25) is 5.91 Å². The standard InChI is InChI=1S/C24H29BrN2O3/c1-17-7-9-19(10-8-17)15-27(18(2)24(29)26-21-5-3-4-6-21)23(28)16-30-22-13-11-20(25)12-14-22/h7-14,18,21H,3-6,15-16H2,1-2H3,(H,26,29)/t18-/m0/s1. The number of hydrogen-bond donors (Lipinski definition) is 1. The van der Waals surface area contributed by atoms with Crippen molar-refractivity contribution in [3.63, 3.8) is 0 Å². The van der Waals surface area contributed by atoms with E-state index in [0.717, 1.165) is 41.3 Å². The van der Waals surface area contributed by atoms with Crippen molar-refractivity contribution in [2.24, 2.45) is 0 Å². The van der Waals surface area contributed by atoms with Crippen molar-refractivity contribution >= 4 is 27.7 Å². The van der Waals surface area contributed by atoms with Crippen molar-refractivity contribution in [2.45, 2.75) is 58.2 Å². The average Bonchev–Trinajstić information content (AvgIpc) is 3.25. The second-order valence-corrected chi connectivity index (χ2v) is 8.83. The van der Waals surface area contributed by atoms with Gasteiger partial charge in [0.05, 0.1) is 0 Å². The summed E-state index contributed by atoms with van der Waals surface area (Å²) in [6.07, 6.45) is 4.31. The zero-order valence-corrected chi connectivity index (χ0v) is 19.2. The predicted molar refractivity (Wildman–Crippen MR) is 121 cm³/mol. The maximum Gasteiger partial charge on any atom is 0.261 e. The quantitative estimate of drug-likeness (QED) is 0.609. The summed E-state index contributed by atoms with van der Waals surface area (Å²) in [5.41, 5.74) is 2.14. The van der Waals surface area contributed by atoms with Gasteiger partial charge >= 0.3 is 0 Å². The first-order valence-corrected chi connectivity index (χ1v) is 11.3. The first-order valence-electron chi connectivity index (χ1n) is 10.5. The number of ether oxygens (including phenoxy) is 1. The van der Waals surface area contributed by atoms with Gasteiger partial charge in [0, 0.05) is 17.1 Å². The molecule has 0 spiro atoms. The fourth-order valence-electron chi connectivity index (χ4n) is 3.62. The van der Waals surface area contributed by atoms with Gasteiger partial charge in [-0.25, -0.2) is 0 Å². The van der Waals surface area contributed by atoms with Crippen molar-refractivity contribution in [3.8, 4) is 5.75 Å². The van der Waals surface area contributed by atoms with Crippen LogP contribution in [0.25, 0.3) is 0 Å². The summed E-state index contributed by atoms with van der Waals surface area (Å²) in [7, 11) is 0. The van der Waals surface area contributed by atoms with Gasteiger partial charge in [-0.15, -0.1) is 0 Å². The number of nitrogens with zero attached hydrogens (tertiary/aromatic N) is 1. The number of nitrogens with one attached hydrogen (secondary N) is 1. The molecule has 0 aliphatic heterocycles. The van der Waals surface area contributed by atoms with Gasteiger partial charge in [0.15, 0.2) is 6.61 Å². The van der Waals surface area contributed by atoms with Gasteiger partial charge < -0.3 is 15.0 Å². The Morgan fingerprint density at radius 3 is 2.37 bits per heavy atom. The van der Waals surface area contributed by atoms with Crippen LogP contribution >= 0.6 is 15.9 Å². The minimum atomic E-state index is -0.576. The van der Waals surface area contributed by atoms with E-state index in [1.165, 1.54) is 0 Å². The van der Waals surface area contributed by atoms with Gasteiger partial charge in [0.25, 0.3) is 5.91 Å². The molecule has 0 radical (unpaired) electrons. The summed E-state index contributed by atoms with van der Waals surface area (Å²) in [5.74, 6) is 0.295. The van der Waals surface area contributed by atoms with E-state index in [2.05, 4.69) is 21.2 Å². The number of hydrogen-bond acceptors (Lipinski definition) is 3. The minimum absolute atomic E-state index is 0.106. The van der Waals surface area contributed by atoms with Crippen molar-refractivity contribution in [2.75, 3.05) is 6.61 Å². The third-order valence-corrected chi connectivity index (χ3v) is 6.05. The predicted octanol–water partition coefficient (Wildman–Crippen LogP) is 4.61. The molecule has 5 nitrogen and oxygen atoms in total. The fourth-order valence-corrected chi connectivity index (χ4v) is 3.89. The van der Waals surface area contributed by atoms with Crippen LogP contribution in [0.4, 0.5) is 0 Å². The van der Waals surface area contributed by atoms with Crippen LogP contribution in [0.2, 0.25) is 0 Å². The Hall–Kier alpha value is -2.34. The first kappa shape index (κ1) is 22.3. The minimum Gasteiger partial charge on any atom is -0.484 e. The third-order valence-electron chi connectivity index (χ3n) is 5.52. The molecular weight excluding hydrogens is 444 g/mol. The van der Waals surface area contributed by atoms with E-state index < -0.39 is 6.04 Å². The number of amides is 2. The van der Waals surface area contributed by atoms with E-state index in [1.54, 1.807) is 24.0 Å². The third kappa shape index (κ3) is 6.33. The molecule has 30 heavy (non-hydrogen) atoms. The molecule has 1 atom stereocenters. The van der Waals surface area contributed by atoms with E-state index in [0.29, 0.717) is 12.3 Å². The van der Waals surface area contributed by atoms with Gasteiger partial charge in [0.1, 0.15) is 11.8 Å². The van der Waals surface area contributed by atoms with Crippen LogP contribution in [0.1, 0.15) is 43.7 Å². The molecule has 0 bridgehead atoms. The highest BCUT2D eigenvalue weighted by Gasteiger charge is 2.28. The zero-order valence-electron chi connectivity index (χ0n) is 17.6. The second kappa shape index (κ2) is 10.6. The van der Waals surface area contributed by atoms with Crippen molar-refractivity contribution in [1.82, 2.24) is 10.2 Å². The Balaban J connectivity index is 1.69. The Morgan fingerprint density at radius 1 is 1.10 bits per heavy atom. The average molecular weight is 473 g/mol. The SMILES string of the molecule is Cc1ccc(CN(C(=O)COc2ccc(Br)cc2)[C@@H](C)C(=O)NC2CCCC2)cc1. The maximum absolute atomic E-state index is 13.0. The molecule has 1 aliphatic rings. The highest BCUT2D eigenvalue weighted by atomic mass is 79.9. The summed E-state index contributed by atoms with van der Waals surface area (Å²) in [6.45, 7) is 4.06. The van der Waals surface area contributed by atoms with E-state index >= 15 is 0 Å². The lowest BCUT2D eigenvalue weighted by atomic mass is 10.1. The van der Waals surface area contributed by atoms with Crippen LogP contribution in [-0.2, 0) is 16.1 Å². The second-order valence-electron chi connectivity index (χ2n) is 7.92. The van der Waals surface area contributed by atoms with Crippen molar-refractivity contribution < 1.29 is 14.3 Å². The maximum atomic E-state index is 13.0. The molecule has 0 saturated heterocycles. The first-order chi connectivity index (χ1) is 14.4. The van der Waals surface area contributed by atoms with E-state index in [4.69, 9.17) is 4.74 Å². The lowest BCUT2D eigenvalue weighted by molar-refractivity contribution is -0.142. The van der Waals surface area contributed by atoms with Gasteiger partial charge in [-0.05, 0) is 56.5 Å². The Labute approximate surface area is 186 Å². The Morgan fingerprint density at radius 2 is 1.73 bits per heavy atom. The number of benzene rings is 2. The van der Waals surface area contributed by atoms with Gasteiger partial charge in [-0.3, -0.25) is 9.59 Å². The molecule has 0 heterocycles. The van der Waals surface area contributed by atoms with Crippen LogP contribution in [0.3, 0.4) is 0 Å². The van der Waals surface area contributed by atoms with Crippen LogP contribution in [0, 0.1) is 6.92 Å². The molecular formula is C24H29BrN2O3. The Kier molecular flexibility index (Phi) is 7.91. The molecule has 160 valence electrons. The van der Waals surface area contributed by atoms with Crippen LogP contribution in [-0.4, -0.2) is 35.4 Å². The number of carbonyl (C=O) groups is 2. The molecule has 3 rings (SSSR count). The van der Waals surface area contributed by atoms with E-state index in [-0.39, 0.29) is 24.5 Å². The molecule has 6 heteroatoms. The molecule has 0 unspecified atom stereocenters.